The number of aryl methyl sites for hydroxylation is 2. The van der Waals surface area contributed by atoms with Crippen molar-refractivity contribution in [2.24, 2.45) is 0 Å². The molecule has 0 heterocycles. The van der Waals surface area contributed by atoms with Gasteiger partial charge in [0.25, 0.3) is 0 Å². The Bertz CT molecular complexity index is 627. The zero-order valence-electron chi connectivity index (χ0n) is 10.4. The predicted molar refractivity (Wildman–Crippen MR) is 75.6 cm³/mol. The molecule has 0 aromatic heterocycles. The van der Waals surface area contributed by atoms with Crippen molar-refractivity contribution >= 4 is 17.4 Å². The number of hydrogen-bond donors (Lipinski definition) is 1. The summed E-state index contributed by atoms with van der Waals surface area (Å²) in [5.41, 5.74) is 9.73. The van der Waals surface area contributed by atoms with Crippen molar-refractivity contribution < 1.29 is 0 Å². The minimum atomic E-state index is 0.636. The van der Waals surface area contributed by atoms with Crippen LogP contribution in [0.25, 0.3) is 0 Å². The smallest absolute Gasteiger partial charge is 0.0992 e. The van der Waals surface area contributed by atoms with Gasteiger partial charge in [0.1, 0.15) is 0 Å². The fourth-order valence-corrected chi connectivity index (χ4v) is 2.71. The maximum atomic E-state index is 8.92. The van der Waals surface area contributed by atoms with E-state index >= 15 is 0 Å². The van der Waals surface area contributed by atoms with E-state index in [1.54, 1.807) is 23.9 Å². The molecule has 2 rings (SSSR count). The lowest BCUT2D eigenvalue weighted by Crippen LogP contribution is -1.90. The van der Waals surface area contributed by atoms with Crippen LogP contribution in [-0.4, -0.2) is 0 Å². The molecule has 2 aromatic carbocycles. The summed E-state index contributed by atoms with van der Waals surface area (Å²) < 4.78 is 0. The Morgan fingerprint density at radius 2 is 1.83 bits per heavy atom. The van der Waals surface area contributed by atoms with Gasteiger partial charge in [-0.05, 0) is 49.2 Å². The van der Waals surface area contributed by atoms with E-state index in [9.17, 15) is 0 Å². The normalized spacial score (nSPS) is 10.1. The highest BCUT2D eigenvalue weighted by atomic mass is 32.2. The molecular formula is C15H14N2S. The molecule has 0 aliphatic heterocycles. The molecule has 0 saturated heterocycles. The van der Waals surface area contributed by atoms with Gasteiger partial charge in [0.2, 0.25) is 0 Å². The minimum Gasteiger partial charge on any atom is -0.398 e. The van der Waals surface area contributed by atoms with Gasteiger partial charge >= 0.3 is 0 Å². The minimum absolute atomic E-state index is 0.636. The monoisotopic (exact) mass is 254 g/mol. The van der Waals surface area contributed by atoms with Crippen LogP contribution in [0.3, 0.4) is 0 Å². The largest absolute Gasteiger partial charge is 0.398 e. The van der Waals surface area contributed by atoms with Gasteiger partial charge in [0.15, 0.2) is 0 Å². The molecule has 0 fully saturated rings. The topological polar surface area (TPSA) is 49.8 Å². The SMILES string of the molecule is Cc1ccc(C)c(Sc2cc(C#N)ccc2N)c1. The van der Waals surface area contributed by atoms with Gasteiger partial charge in [-0.15, -0.1) is 0 Å². The standard InChI is InChI=1S/C15H14N2S/c1-10-3-4-11(2)14(7-10)18-15-8-12(9-16)5-6-13(15)17/h3-8H,17H2,1-2H3. The lowest BCUT2D eigenvalue weighted by Gasteiger charge is -2.09. The molecule has 0 aliphatic carbocycles. The molecule has 18 heavy (non-hydrogen) atoms. The number of benzene rings is 2. The van der Waals surface area contributed by atoms with Crippen LogP contribution in [0.5, 0.6) is 0 Å². The van der Waals surface area contributed by atoms with E-state index in [4.69, 9.17) is 11.0 Å². The number of nitrogen functional groups attached to an aromatic ring is 1. The highest BCUT2D eigenvalue weighted by Crippen LogP contribution is 2.34. The summed E-state index contributed by atoms with van der Waals surface area (Å²) in [7, 11) is 0. The molecule has 2 N–H and O–H groups in total. The summed E-state index contributed by atoms with van der Waals surface area (Å²) in [5.74, 6) is 0. The Morgan fingerprint density at radius 3 is 2.56 bits per heavy atom. The van der Waals surface area contributed by atoms with Gasteiger partial charge in [-0.1, -0.05) is 23.9 Å². The van der Waals surface area contributed by atoms with Gasteiger partial charge in [0.05, 0.1) is 11.6 Å². The van der Waals surface area contributed by atoms with Gasteiger partial charge in [-0.3, -0.25) is 0 Å². The van der Waals surface area contributed by atoms with Crippen LogP contribution in [0, 0.1) is 25.2 Å². The van der Waals surface area contributed by atoms with E-state index < -0.39 is 0 Å². The fourth-order valence-electron chi connectivity index (χ4n) is 1.63. The van der Waals surface area contributed by atoms with Crippen molar-refractivity contribution in [2.45, 2.75) is 23.6 Å². The second-order valence-corrected chi connectivity index (χ2v) is 5.32. The molecule has 0 aliphatic rings. The Hall–Kier alpha value is -1.92. The van der Waals surface area contributed by atoms with Gasteiger partial charge in [-0.2, -0.15) is 5.26 Å². The third-order valence-corrected chi connectivity index (χ3v) is 3.94. The summed E-state index contributed by atoms with van der Waals surface area (Å²) >= 11 is 1.61. The molecule has 2 nitrogen and oxygen atoms in total. The second-order valence-electron chi connectivity index (χ2n) is 4.24. The number of hydrogen-bond acceptors (Lipinski definition) is 3. The summed E-state index contributed by atoms with van der Waals surface area (Å²) in [6.45, 7) is 4.14. The van der Waals surface area contributed by atoms with Crippen LogP contribution in [-0.2, 0) is 0 Å². The summed E-state index contributed by atoms with van der Waals surface area (Å²) in [6.07, 6.45) is 0. The molecule has 3 heteroatoms. The highest BCUT2D eigenvalue weighted by Gasteiger charge is 2.06. The number of anilines is 1. The van der Waals surface area contributed by atoms with Gasteiger partial charge in [0, 0.05) is 15.5 Å². The quantitative estimate of drug-likeness (QED) is 0.827. The average molecular weight is 254 g/mol. The molecule has 0 atom stereocenters. The van der Waals surface area contributed by atoms with E-state index in [0.29, 0.717) is 11.3 Å². The number of nitrogens with two attached hydrogens (primary N) is 1. The van der Waals surface area contributed by atoms with Crippen molar-refractivity contribution in [1.82, 2.24) is 0 Å². The van der Waals surface area contributed by atoms with Crippen molar-refractivity contribution in [3.63, 3.8) is 0 Å². The second kappa shape index (κ2) is 5.16. The molecule has 0 amide bonds. The zero-order valence-corrected chi connectivity index (χ0v) is 11.2. The first-order chi connectivity index (χ1) is 8.60. The molecule has 0 radical (unpaired) electrons. The zero-order chi connectivity index (χ0) is 13.1. The van der Waals surface area contributed by atoms with Crippen LogP contribution >= 0.6 is 11.8 Å². The van der Waals surface area contributed by atoms with Gasteiger partial charge < -0.3 is 5.73 Å². The Morgan fingerprint density at radius 1 is 1.06 bits per heavy atom. The molecule has 0 saturated carbocycles. The predicted octanol–water partition coefficient (Wildman–Crippen LogP) is 3.91. The van der Waals surface area contributed by atoms with E-state index in [1.807, 2.05) is 6.07 Å². The van der Waals surface area contributed by atoms with Crippen molar-refractivity contribution in [3.05, 3.63) is 53.1 Å². The lowest BCUT2D eigenvalue weighted by atomic mass is 10.2. The molecule has 90 valence electrons. The molecule has 2 aromatic rings. The first-order valence-corrected chi connectivity index (χ1v) is 6.46. The van der Waals surface area contributed by atoms with Crippen LogP contribution in [0.1, 0.15) is 16.7 Å². The molecule has 0 bridgehead atoms. The number of nitrogens with zero attached hydrogens (tertiary/aromatic N) is 1. The Labute approximate surface area is 111 Å². The summed E-state index contributed by atoms with van der Waals surface area (Å²) in [4.78, 5) is 2.11. The van der Waals surface area contributed by atoms with E-state index in [0.717, 1.165) is 4.90 Å². The molecule has 0 unspecified atom stereocenters. The van der Waals surface area contributed by atoms with E-state index in [-0.39, 0.29) is 0 Å². The first kappa shape index (κ1) is 12.5. The lowest BCUT2D eigenvalue weighted by molar-refractivity contribution is 1.25. The number of rotatable bonds is 2. The summed E-state index contributed by atoms with van der Waals surface area (Å²) in [5, 5.41) is 8.92. The summed E-state index contributed by atoms with van der Waals surface area (Å²) in [6, 6.07) is 13.8. The third-order valence-electron chi connectivity index (χ3n) is 2.71. The van der Waals surface area contributed by atoms with Crippen molar-refractivity contribution in [2.75, 3.05) is 5.73 Å². The van der Waals surface area contributed by atoms with E-state index in [2.05, 4.69) is 38.1 Å². The van der Waals surface area contributed by atoms with Crippen molar-refractivity contribution in [1.29, 1.82) is 5.26 Å². The third kappa shape index (κ3) is 2.66. The maximum absolute atomic E-state index is 8.92. The van der Waals surface area contributed by atoms with Crippen LogP contribution in [0.2, 0.25) is 0 Å². The van der Waals surface area contributed by atoms with Gasteiger partial charge in [-0.25, -0.2) is 0 Å². The fraction of sp³-hybridized carbons (Fsp3) is 0.133. The van der Waals surface area contributed by atoms with Crippen LogP contribution < -0.4 is 5.73 Å². The van der Waals surface area contributed by atoms with E-state index in [1.165, 1.54) is 16.0 Å². The number of nitriles is 1. The van der Waals surface area contributed by atoms with Crippen LogP contribution in [0.4, 0.5) is 5.69 Å². The average Bonchev–Trinajstić information content (AvgIpc) is 2.36. The highest BCUT2D eigenvalue weighted by molar-refractivity contribution is 7.99. The maximum Gasteiger partial charge on any atom is 0.0992 e. The first-order valence-electron chi connectivity index (χ1n) is 5.65. The Kier molecular flexibility index (Phi) is 3.59. The molecular weight excluding hydrogens is 240 g/mol. The van der Waals surface area contributed by atoms with Crippen LogP contribution in [0.15, 0.2) is 46.2 Å². The van der Waals surface area contributed by atoms with Crippen molar-refractivity contribution in [3.8, 4) is 6.07 Å². The Balaban J connectivity index is 2.39. The molecule has 0 spiro atoms.